The van der Waals surface area contributed by atoms with Crippen molar-refractivity contribution in [1.29, 1.82) is 0 Å². The summed E-state index contributed by atoms with van der Waals surface area (Å²) in [5, 5.41) is 2.15. The van der Waals surface area contributed by atoms with Crippen molar-refractivity contribution in [3.63, 3.8) is 0 Å². The zero-order valence-electron chi connectivity index (χ0n) is 8.96. The van der Waals surface area contributed by atoms with Crippen molar-refractivity contribution >= 4 is 52.3 Å². The van der Waals surface area contributed by atoms with Crippen LogP contribution in [0.5, 0.6) is 0 Å². The smallest absolute Gasteiger partial charge is 0.0730 e. The summed E-state index contributed by atoms with van der Waals surface area (Å²) in [4.78, 5) is 4.56. The summed E-state index contributed by atoms with van der Waals surface area (Å²) in [6, 6.07) is 16.0. The SMILES string of the molecule is Cl.Cl.Nc1cccc2nc3ccccc3cc12. The van der Waals surface area contributed by atoms with Crippen LogP contribution in [-0.2, 0) is 0 Å². The minimum absolute atomic E-state index is 0. The van der Waals surface area contributed by atoms with Gasteiger partial charge in [0, 0.05) is 16.5 Å². The molecule has 1 heterocycles. The lowest BCUT2D eigenvalue weighted by Gasteiger charge is -2.03. The Morgan fingerprint density at radius 3 is 2.35 bits per heavy atom. The van der Waals surface area contributed by atoms with Gasteiger partial charge in [-0.1, -0.05) is 24.3 Å². The van der Waals surface area contributed by atoms with Crippen molar-refractivity contribution in [2.75, 3.05) is 5.73 Å². The maximum absolute atomic E-state index is 5.91. The number of para-hydroxylation sites is 1. The van der Waals surface area contributed by atoms with Crippen LogP contribution >= 0.6 is 24.8 Å². The van der Waals surface area contributed by atoms with Crippen molar-refractivity contribution < 1.29 is 0 Å². The first kappa shape index (κ1) is 13.6. The van der Waals surface area contributed by atoms with Crippen molar-refractivity contribution in [1.82, 2.24) is 4.98 Å². The molecule has 0 bridgehead atoms. The second-order valence-corrected chi connectivity index (χ2v) is 3.59. The van der Waals surface area contributed by atoms with Gasteiger partial charge in [-0.2, -0.15) is 0 Å². The molecule has 0 saturated carbocycles. The zero-order valence-corrected chi connectivity index (χ0v) is 10.6. The van der Waals surface area contributed by atoms with Crippen LogP contribution in [0.3, 0.4) is 0 Å². The molecule has 2 N–H and O–H groups in total. The molecule has 0 fully saturated rings. The lowest BCUT2D eigenvalue weighted by atomic mass is 10.1. The predicted octanol–water partition coefficient (Wildman–Crippen LogP) is 3.81. The largest absolute Gasteiger partial charge is 0.398 e. The van der Waals surface area contributed by atoms with Gasteiger partial charge in [0.05, 0.1) is 11.0 Å². The average molecular weight is 267 g/mol. The second kappa shape index (κ2) is 5.21. The first-order valence-corrected chi connectivity index (χ1v) is 4.88. The Morgan fingerprint density at radius 2 is 1.53 bits per heavy atom. The van der Waals surface area contributed by atoms with Crippen LogP contribution in [0.4, 0.5) is 5.69 Å². The number of nitrogen functional groups attached to an aromatic ring is 1. The van der Waals surface area contributed by atoms with Crippen LogP contribution in [0.25, 0.3) is 21.8 Å². The number of halogens is 2. The molecule has 0 saturated heterocycles. The van der Waals surface area contributed by atoms with Gasteiger partial charge >= 0.3 is 0 Å². The van der Waals surface area contributed by atoms with Crippen molar-refractivity contribution in [3.05, 3.63) is 48.5 Å². The van der Waals surface area contributed by atoms with E-state index in [2.05, 4.69) is 11.1 Å². The third kappa shape index (κ3) is 2.28. The van der Waals surface area contributed by atoms with Gasteiger partial charge in [-0.3, -0.25) is 0 Å². The topological polar surface area (TPSA) is 38.9 Å². The Balaban J connectivity index is 0.000000722. The van der Waals surface area contributed by atoms with Gasteiger partial charge < -0.3 is 5.73 Å². The van der Waals surface area contributed by atoms with Crippen LogP contribution in [0, 0.1) is 0 Å². The molecule has 2 aromatic carbocycles. The summed E-state index contributed by atoms with van der Waals surface area (Å²) >= 11 is 0. The molecule has 17 heavy (non-hydrogen) atoms. The summed E-state index contributed by atoms with van der Waals surface area (Å²) < 4.78 is 0. The van der Waals surface area contributed by atoms with E-state index in [1.165, 1.54) is 0 Å². The molecule has 3 aromatic rings. The molecule has 0 amide bonds. The summed E-state index contributed by atoms with van der Waals surface area (Å²) in [6.45, 7) is 0. The first-order chi connectivity index (χ1) is 7.34. The first-order valence-electron chi connectivity index (χ1n) is 4.88. The molecule has 2 nitrogen and oxygen atoms in total. The summed E-state index contributed by atoms with van der Waals surface area (Å²) in [5.41, 5.74) is 8.65. The number of anilines is 1. The summed E-state index contributed by atoms with van der Waals surface area (Å²) in [5.74, 6) is 0. The molecular formula is C13H12Cl2N2. The van der Waals surface area contributed by atoms with E-state index in [-0.39, 0.29) is 24.8 Å². The lowest BCUT2D eigenvalue weighted by molar-refractivity contribution is 1.50. The Hall–Kier alpha value is -1.51. The molecule has 0 atom stereocenters. The van der Waals surface area contributed by atoms with Gasteiger partial charge in [0.1, 0.15) is 0 Å². The molecule has 88 valence electrons. The normalized spacial score (nSPS) is 9.65. The monoisotopic (exact) mass is 266 g/mol. The lowest BCUT2D eigenvalue weighted by Crippen LogP contribution is -1.88. The van der Waals surface area contributed by atoms with E-state index in [0.29, 0.717) is 0 Å². The second-order valence-electron chi connectivity index (χ2n) is 3.59. The quantitative estimate of drug-likeness (QED) is 0.497. The van der Waals surface area contributed by atoms with E-state index in [1.807, 2.05) is 42.5 Å². The molecule has 0 aliphatic rings. The number of hydrogen-bond acceptors (Lipinski definition) is 2. The summed E-state index contributed by atoms with van der Waals surface area (Å²) in [6.07, 6.45) is 0. The molecule has 0 unspecified atom stereocenters. The molecule has 0 aliphatic carbocycles. The van der Waals surface area contributed by atoms with Gasteiger partial charge in [-0.05, 0) is 24.3 Å². The van der Waals surface area contributed by atoms with E-state index >= 15 is 0 Å². The van der Waals surface area contributed by atoms with Gasteiger partial charge in [0.25, 0.3) is 0 Å². The standard InChI is InChI=1S/C13H10N2.2ClH/c14-11-5-3-7-13-10(11)8-9-4-1-2-6-12(9)15-13;;/h1-8H,14H2;2*1H. The van der Waals surface area contributed by atoms with Crippen LogP contribution in [-0.4, -0.2) is 4.98 Å². The third-order valence-corrected chi connectivity index (χ3v) is 2.59. The molecule has 1 aromatic heterocycles. The number of benzene rings is 2. The highest BCUT2D eigenvalue weighted by Crippen LogP contribution is 2.23. The third-order valence-electron chi connectivity index (χ3n) is 2.59. The van der Waals surface area contributed by atoms with Gasteiger partial charge in [0.15, 0.2) is 0 Å². The number of hydrogen-bond donors (Lipinski definition) is 1. The molecular weight excluding hydrogens is 255 g/mol. The fraction of sp³-hybridized carbons (Fsp3) is 0. The number of fused-ring (bicyclic) bond motifs is 2. The van der Waals surface area contributed by atoms with Crippen molar-refractivity contribution in [3.8, 4) is 0 Å². The number of aromatic nitrogens is 1. The highest BCUT2D eigenvalue weighted by molar-refractivity contribution is 5.98. The van der Waals surface area contributed by atoms with Crippen LogP contribution in [0.2, 0.25) is 0 Å². The minimum Gasteiger partial charge on any atom is -0.398 e. The van der Waals surface area contributed by atoms with Crippen LogP contribution < -0.4 is 5.73 Å². The van der Waals surface area contributed by atoms with E-state index < -0.39 is 0 Å². The highest BCUT2D eigenvalue weighted by Gasteiger charge is 2.00. The van der Waals surface area contributed by atoms with E-state index in [1.54, 1.807) is 0 Å². The zero-order chi connectivity index (χ0) is 10.3. The highest BCUT2D eigenvalue weighted by atomic mass is 35.5. The van der Waals surface area contributed by atoms with Crippen molar-refractivity contribution in [2.45, 2.75) is 0 Å². The molecule has 3 rings (SSSR count). The maximum atomic E-state index is 5.91. The predicted molar refractivity (Wildman–Crippen MR) is 78.2 cm³/mol. The number of nitrogens with two attached hydrogens (primary N) is 1. The number of pyridine rings is 1. The van der Waals surface area contributed by atoms with Crippen LogP contribution in [0.15, 0.2) is 48.5 Å². The van der Waals surface area contributed by atoms with Gasteiger partial charge in [-0.15, -0.1) is 24.8 Å². The number of rotatable bonds is 0. The molecule has 0 aliphatic heterocycles. The van der Waals surface area contributed by atoms with E-state index in [0.717, 1.165) is 27.5 Å². The fourth-order valence-electron chi connectivity index (χ4n) is 1.82. The molecule has 0 spiro atoms. The molecule has 0 radical (unpaired) electrons. The van der Waals surface area contributed by atoms with Gasteiger partial charge in [-0.25, -0.2) is 4.98 Å². The Morgan fingerprint density at radius 1 is 0.824 bits per heavy atom. The Labute approximate surface area is 112 Å². The molecule has 4 heteroatoms. The Bertz CT molecular complexity index is 653. The van der Waals surface area contributed by atoms with Crippen molar-refractivity contribution in [2.24, 2.45) is 0 Å². The maximum Gasteiger partial charge on any atom is 0.0730 e. The minimum atomic E-state index is 0. The fourth-order valence-corrected chi connectivity index (χ4v) is 1.82. The summed E-state index contributed by atoms with van der Waals surface area (Å²) in [7, 11) is 0. The average Bonchev–Trinajstić information content (AvgIpc) is 2.27. The van der Waals surface area contributed by atoms with Gasteiger partial charge in [0.2, 0.25) is 0 Å². The van der Waals surface area contributed by atoms with Crippen LogP contribution in [0.1, 0.15) is 0 Å². The Kier molecular flexibility index (Phi) is 4.16. The van der Waals surface area contributed by atoms with E-state index in [9.17, 15) is 0 Å². The van der Waals surface area contributed by atoms with E-state index in [4.69, 9.17) is 5.73 Å². The number of nitrogens with zero attached hydrogens (tertiary/aromatic N) is 1.